The van der Waals surface area contributed by atoms with Gasteiger partial charge in [-0.15, -0.1) is 0 Å². The van der Waals surface area contributed by atoms with Gasteiger partial charge in [0.2, 0.25) is 0 Å². The lowest BCUT2D eigenvalue weighted by molar-refractivity contribution is 0.0927. The van der Waals surface area contributed by atoms with Crippen molar-refractivity contribution in [2.75, 3.05) is 13.7 Å². The number of furan rings is 1. The summed E-state index contributed by atoms with van der Waals surface area (Å²) < 4.78 is 10.8. The van der Waals surface area contributed by atoms with E-state index in [-0.39, 0.29) is 5.91 Å². The summed E-state index contributed by atoms with van der Waals surface area (Å²) in [4.78, 5) is 11.9. The minimum absolute atomic E-state index is 0.162. The number of rotatable bonds is 4. The smallest absolute Gasteiger partial charge is 0.287 e. The summed E-state index contributed by atoms with van der Waals surface area (Å²) in [6.07, 6.45) is 0.902. The van der Waals surface area contributed by atoms with Crippen LogP contribution in [0.3, 0.4) is 0 Å². The van der Waals surface area contributed by atoms with Gasteiger partial charge in [0, 0.05) is 17.5 Å². The maximum atomic E-state index is 11.9. The highest BCUT2D eigenvalue weighted by Crippen LogP contribution is 2.28. The van der Waals surface area contributed by atoms with Gasteiger partial charge in [0.1, 0.15) is 11.3 Å². The zero-order valence-electron chi connectivity index (χ0n) is 10.9. The molecule has 0 fully saturated rings. The standard InChI is InChI=1S/C14H17NO3/c1-4-7-15-14(16)13-9(2)11-8-10(17-3)5-6-12(11)18-13/h5-6,8H,4,7H2,1-3H3,(H,15,16). The van der Waals surface area contributed by atoms with E-state index in [1.165, 1.54) is 0 Å². The number of hydrogen-bond donors (Lipinski definition) is 1. The van der Waals surface area contributed by atoms with Gasteiger partial charge in [-0.05, 0) is 31.5 Å². The molecule has 96 valence electrons. The van der Waals surface area contributed by atoms with Gasteiger partial charge in [-0.1, -0.05) is 6.92 Å². The van der Waals surface area contributed by atoms with Gasteiger partial charge in [-0.2, -0.15) is 0 Å². The zero-order valence-corrected chi connectivity index (χ0v) is 10.9. The minimum Gasteiger partial charge on any atom is -0.497 e. The average molecular weight is 247 g/mol. The van der Waals surface area contributed by atoms with Crippen LogP contribution in [0.1, 0.15) is 29.5 Å². The Morgan fingerprint density at radius 2 is 2.22 bits per heavy atom. The fourth-order valence-electron chi connectivity index (χ4n) is 1.86. The van der Waals surface area contributed by atoms with Crippen molar-refractivity contribution in [3.05, 3.63) is 29.5 Å². The summed E-state index contributed by atoms with van der Waals surface area (Å²) in [5.41, 5.74) is 1.55. The first kappa shape index (κ1) is 12.5. The second-order valence-corrected chi connectivity index (χ2v) is 4.17. The van der Waals surface area contributed by atoms with Crippen molar-refractivity contribution < 1.29 is 13.9 Å². The van der Waals surface area contributed by atoms with Crippen LogP contribution in [-0.4, -0.2) is 19.6 Å². The number of benzene rings is 1. The molecule has 0 unspecified atom stereocenters. The molecule has 0 atom stereocenters. The number of aryl methyl sites for hydroxylation is 1. The summed E-state index contributed by atoms with van der Waals surface area (Å²) in [7, 11) is 1.62. The lowest BCUT2D eigenvalue weighted by Crippen LogP contribution is -2.24. The van der Waals surface area contributed by atoms with E-state index in [1.54, 1.807) is 7.11 Å². The molecule has 1 amide bonds. The van der Waals surface area contributed by atoms with E-state index in [4.69, 9.17) is 9.15 Å². The first-order valence-corrected chi connectivity index (χ1v) is 6.02. The Labute approximate surface area is 106 Å². The third kappa shape index (κ3) is 2.18. The summed E-state index contributed by atoms with van der Waals surface area (Å²) in [6, 6.07) is 5.52. The van der Waals surface area contributed by atoms with E-state index in [0.29, 0.717) is 17.9 Å². The first-order chi connectivity index (χ1) is 8.67. The molecule has 0 aliphatic carbocycles. The van der Waals surface area contributed by atoms with Crippen LogP contribution < -0.4 is 10.1 Å². The lowest BCUT2D eigenvalue weighted by atomic mass is 10.1. The quantitative estimate of drug-likeness (QED) is 0.903. The van der Waals surface area contributed by atoms with E-state index in [0.717, 1.165) is 23.1 Å². The molecule has 1 aromatic heterocycles. The number of carbonyl (C=O) groups excluding carboxylic acids is 1. The molecule has 4 nitrogen and oxygen atoms in total. The van der Waals surface area contributed by atoms with Gasteiger partial charge < -0.3 is 14.5 Å². The Morgan fingerprint density at radius 3 is 2.89 bits per heavy atom. The van der Waals surface area contributed by atoms with Crippen LogP contribution in [0.4, 0.5) is 0 Å². The molecule has 0 saturated heterocycles. The van der Waals surface area contributed by atoms with Crippen molar-refractivity contribution in [1.82, 2.24) is 5.32 Å². The Morgan fingerprint density at radius 1 is 1.44 bits per heavy atom. The van der Waals surface area contributed by atoms with Crippen LogP contribution >= 0.6 is 0 Å². The molecule has 0 saturated carbocycles. The molecule has 0 aliphatic heterocycles. The van der Waals surface area contributed by atoms with Crippen molar-refractivity contribution in [2.45, 2.75) is 20.3 Å². The molecule has 2 aromatic rings. The van der Waals surface area contributed by atoms with E-state index in [9.17, 15) is 4.79 Å². The fourth-order valence-corrected chi connectivity index (χ4v) is 1.86. The van der Waals surface area contributed by atoms with Crippen molar-refractivity contribution in [3.8, 4) is 5.75 Å². The monoisotopic (exact) mass is 247 g/mol. The second-order valence-electron chi connectivity index (χ2n) is 4.17. The first-order valence-electron chi connectivity index (χ1n) is 6.02. The highest BCUT2D eigenvalue weighted by Gasteiger charge is 2.17. The molecule has 1 N–H and O–H groups in total. The predicted molar refractivity (Wildman–Crippen MR) is 70.1 cm³/mol. The Kier molecular flexibility index (Phi) is 3.55. The molecule has 0 spiro atoms. The van der Waals surface area contributed by atoms with Crippen LogP contribution in [-0.2, 0) is 0 Å². The molecule has 2 rings (SSSR count). The molecular formula is C14H17NO3. The topological polar surface area (TPSA) is 51.5 Å². The van der Waals surface area contributed by atoms with Gasteiger partial charge in [0.15, 0.2) is 5.76 Å². The summed E-state index contributed by atoms with van der Waals surface area (Å²) in [5, 5.41) is 3.73. The van der Waals surface area contributed by atoms with Crippen molar-refractivity contribution >= 4 is 16.9 Å². The van der Waals surface area contributed by atoms with Gasteiger partial charge in [0.05, 0.1) is 7.11 Å². The highest BCUT2D eigenvalue weighted by molar-refractivity contribution is 5.99. The molecule has 1 heterocycles. The summed E-state index contributed by atoms with van der Waals surface area (Å²) in [5.74, 6) is 0.975. The van der Waals surface area contributed by atoms with Crippen molar-refractivity contribution in [2.24, 2.45) is 0 Å². The maximum absolute atomic E-state index is 11.9. The van der Waals surface area contributed by atoms with Crippen molar-refractivity contribution in [3.63, 3.8) is 0 Å². The molecule has 0 aliphatic rings. The number of carbonyl (C=O) groups is 1. The third-order valence-electron chi connectivity index (χ3n) is 2.89. The molecule has 4 heteroatoms. The third-order valence-corrected chi connectivity index (χ3v) is 2.89. The Balaban J connectivity index is 2.41. The van der Waals surface area contributed by atoms with Gasteiger partial charge in [0.25, 0.3) is 5.91 Å². The van der Waals surface area contributed by atoms with Crippen LogP contribution in [0, 0.1) is 6.92 Å². The zero-order chi connectivity index (χ0) is 13.1. The fraction of sp³-hybridized carbons (Fsp3) is 0.357. The minimum atomic E-state index is -0.162. The number of amides is 1. The highest BCUT2D eigenvalue weighted by atomic mass is 16.5. The van der Waals surface area contributed by atoms with Crippen LogP contribution in [0.15, 0.2) is 22.6 Å². The predicted octanol–water partition coefficient (Wildman–Crippen LogP) is 2.89. The normalized spacial score (nSPS) is 10.6. The second kappa shape index (κ2) is 5.12. The number of ether oxygens (including phenoxy) is 1. The SMILES string of the molecule is CCCNC(=O)c1oc2ccc(OC)cc2c1C. The van der Waals surface area contributed by atoms with Crippen molar-refractivity contribution in [1.29, 1.82) is 0 Å². The van der Waals surface area contributed by atoms with Gasteiger partial charge in [-0.25, -0.2) is 0 Å². The molecule has 18 heavy (non-hydrogen) atoms. The number of methoxy groups -OCH3 is 1. The summed E-state index contributed by atoms with van der Waals surface area (Å²) in [6.45, 7) is 4.54. The number of fused-ring (bicyclic) bond motifs is 1. The lowest BCUT2D eigenvalue weighted by Gasteiger charge is -2.00. The largest absolute Gasteiger partial charge is 0.497 e. The molecule has 0 bridgehead atoms. The molecule has 1 aromatic carbocycles. The molecule has 0 radical (unpaired) electrons. The average Bonchev–Trinajstić information content (AvgIpc) is 2.73. The van der Waals surface area contributed by atoms with Gasteiger partial charge >= 0.3 is 0 Å². The van der Waals surface area contributed by atoms with E-state index < -0.39 is 0 Å². The molecular weight excluding hydrogens is 230 g/mol. The Hall–Kier alpha value is -1.97. The van der Waals surface area contributed by atoms with E-state index in [2.05, 4.69) is 5.32 Å². The summed E-state index contributed by atoms with van der Waals surface area (Å²) >= 11 is 0. The van der Waals surface area contributed by atoms with Crippen LogP contribution in [0.5, 0.6) is 5.75 Å². The van der Waals surface area contributed by atoms with Crippen LogP contribution in [0.25, 0.3) is 11.0 Å². The number of nitrogens with one attached hydrogen (secondary N) is 1. The van der Waals surface area contributed by atoms with E-state index >= 15 is 0 Å². The van der Waals surface area contributed by atoms with Gasteiger partial charge in [-0.3, -0.25) is 4.79 Å². The maximum Gasteiger partial charge on any atom is 0.287 e. The Bertz CT molecular complexity index is 572. The number of hydrogen-bond acceptors (Lipinski definition) is 3. The van der Waals surface area contributed by atoms with Crippen LogP contribution in [0.2, 0.25) is 0 Å². The van der Waals surface area contributed by atoms with E-state index in [1.807, 2.05) is 32.0 Å².